The molecule has 0 heterocycles. The standard InChI is InChI=1S/C17H16F3NO6S/c1-25-16(22)10-11-26-13-6-8-15(9-7-13)28(23,24)21-12-2-4-14(5-3-12)27-17(18,19)20/h2-9,21H,10-11H2,1H3. The highest BCUT2D eigenvalue weighted by atomic mass is 32.2. The molecule has 0 saturated carbocycles. The lowest BCUT2D eigenvalue weighted by Gasteiger charge is -2.11. The molecule has 0 aliphatic carbocycles. The van der Waals surface area contributed by atoms with Crippen molar-refractivity contribution in [2.24, 2.45) is 0 Å². The van der Waals surface area contributed by atoms with Gasteiger partial charge in [0.05, 0.1) is 25.0 Å². The second-order valence-electron chi connectivity index (χ2n) is 5.32. The van der Waals surface area contributed by atoms with Crippen LogP contribution >= 0.6 is 0 Å². The van der Waals surface area contributed by atoms with Gasteiger partial charge >= 0.3 is 12.3 Å². The topological polar surface area (TPSA) is 90.9 Å². The highest BCUT2D eigenvalue weighted by Gasteiger charge is 2.31. The largest absolute Gasteiger partial charge is 0.573 e. The molecule has 1 N–H and O–H groups in total. The Morgan fingerprint density at radius 3 is 2.11 bits per heavy atom. The molecule has 0 fully saturated rings. The van der Waals surface area contributed by atoms with Crippen molar-refractivity contribution >= 4 is 21.7 Å². The number of esters is 1. The molecule has 0 spiro atoms. The van der Waals surface area contributed by atoms with Gasteiger partial charge in [0.1, 0.15) is 11.5 Å². The summed E-state index contributed by atoms with van der Waals surface area (Å²) in [6, 6.07) is 9.66. The number of sulfonamides is 1. The van der Waals surface area contributed by atoms with E-state index in [1.165, 1.54) is 31.4 Å². The van der Waals surface area contributed by atoms with E-state index < -0.39 is 28.1 Å². The van der Waals surface area contributed by atoms with E-state index in [-0.39, 0.29) is 23.6 Å². The Balaban J connectivity index is 1.99. The quantitative estimate of drug-likeness (QED) is 0.660. The lowest BCUT2D eigenvalue weighted by Crippen LogP contribution is -2.17. The predicted octanol–water partition coefficient (Wildman–Crippen LogP) is 3.33. The molecule has 28 heavy (non-hydrogen) atoms. The summed E-state index contributed by atoms with van der Waals surface area (Å²) in [5.74, 6) is -0.546. The Labute approximate surface area is 159 Å². The summed E-state index contributed by atoms with van der Waals surface area (Å²) in [6.07, 6.45) is -4.78. The van der Waals surface area contributed by atoms with Crippen molar-refractivity contribution in [3.63, 3.8) is 0 Å². The smallest absolute Gasteiger partial charge is 0.493 e. The summed E-state index contributed by atoms with van der Waals surface area (Å²) in [5, 5.41) is 0. The second-order valence-corrected chi connectivity index (χ2v) is 7.01. The number of benzene rings is 2. The van der Waals surface area contributed by atoms with E-state index in [1.54, 1.807) is 0 Å². The number of ether oxygens (including phenoxy) is 3. The molecule has 2 aromatic rings. The van der Waals surface area contributed by atoms with E-state index in [1.807, 2.05) is 0 Å². The van der Waals surface area contributed by atoms with Crippen LogP contribution in [0.25, 0.3) is 0 Å². The highest BCUT2D eigenvalue weighted by molar-refractivity contribution is 7.92. The number of methoxy groups -OCH3 is 1. The number of nitrogens with one attached hydrogen (secondary N) is 1. The SMILES string of the molecule is COC(=O)CCOc1ccc(S(=O)(=O)Nc2ccc(OC(F)(F)F)cc2)cc1. The number of carbonyl (C=O) groups is 1. The van der Waals surface area contributed by atoms with Crippen molar-refractivity contribution < 1.29 is 40.6 Å². The summed E-state index contributed by atoms with van der Waals surface area (Å²) in [5.41, 5.74) is 0.0629. The molecule has 2 rings (SSSR count). The van der Waals surface area contributed by atoms with Gasteiger partial charge in [-0.1, -0.05) is 0 Å². The van der Waals surface area contributed by atoms with Gasteiger partial charge in [-0.25, -0.2) is 8.42 Å². The van der Waals surface area contributed by atoms with E-state index in [0.29, 0.717) is 5.75 Å². The van der Waals surface area contributed by atoms with Crippen LogP contribution in [0.5, 0.6) is 11.5 Å². The third kappa shape index (κ3) is 6.65. The Bertz CT molecular complexity index is 896. The highest BCUT2D eigenvalue weighted by Crippen LogP contribution is 2.25. The van der Waals surface area contributed by atoms with Gasteiger partial charge in [0.25, 0.3) is 10.0 Å². The lowest BCUT2D eigenvalue weighted by atomic mass is 10.3. The van der Waals surface area contributed by atoms with Crippen LogP contribution in [0.3, 0.4) is 0 Å². The number of anilines is 1. The second kappa shape index (κ2) is 8.83. The fourth-order valence-corrected chi connectivity index (χ4v) is 3.07. The zero-order valence-corrected chi connectivity index (χ0v) is 15.3. The fourth-order valence-electron chi connectivity index (χ4n) is 2.01. The van der Waals surface area contributed by atoms with Crippen LogP contribution in [-0.2, 0) is 19.6 Å². The molecule has 0 bridgehead atoms. The van der Waals surface area contributed by atoms with Gasteiger partial charge in [-0.3, -0.25) is 9.52 Å². The van der Waals surface area contributed by atoms with Crippen LogP contribution in [0.1, 0.15) is 6.42 Å². The van der Waals surface area contributed by atoms with E-state index in [9.17, 15) is 26.4 Å². The zero-order valence-electron chi connectivity index (χ0n) is 14.5. The van der Waals surface area contributed by atoms with Crippen molar-refractivity contribution in [1.82, 2.24) is 0 Å². The molecule has 152 valence electrons. The number of rotatable bonds is 8. The molecule has 0 amide bonds. The summed E-state index contributed by atoms with van der Waals surface area (Å²) >= 11 is 0. The fraction of sp³-hybridized carbons (Fsp3) is 0.235. The molecule has 0 saturated heterocycles. The van der Waals surface area contributed by atoms with Crippen LogP contribution < -0.4 is 14.2 Å². The molecule has 0 aliphatic rings. The Hall–Kier alpha value is -2.95. The van der Waals surface area contributed by atoms with Crippen molar-refractivity contribution in [3.05, 3.63) is 48.5 Å². The Morgan fingerprint density at radius 2 is 1.57 bits per heavy atom. The average Bonchev–Trinajstić information content (AvgIpc) is 2.62. The van der Waals surface area contributed by atoms with Gasteiger partial charge < -0.3 is 14.2 Å². The maximum atomic E-state index is 12.3. The molecule has 2 aromatic carbocycles. The van der Waals surface area contributed by atoms with Crippen molar-refractivity contribution in [1.29, 1.82) is 0 Å². The van der Waals surface area contributed by atoms with Gasteiger partial charge in [-0.15, -0.1) is 13.2 Å². The zero-order chi connectivity index (χ0) is 20.8. The van der Waals surface area contributed by atoms with Crippen molar-refractivity contribution in [2.45, 2.75) is 17.7 Å². The third-order valence-corrected chi connectivity index (χ3v) is 4.67. The average molecular weight is 419 g/mol. The molecule has 11 heteroatoms. The van der Waals surface area contributed by atoms with Gasteiger partial charge in [0.15, 0.2) is 0 Å². The van der Waals surface area contributed by atoms with Gasteiger partial charge in [0.2, 0.25) is 0 Å². The molecular weight excluding hydrogens is 403 g/mol. The minimum absolute atomic E-state index is 0.0478. The normalized spacial score (nSPS) is 11.6. The minimum Gasteiger partial charge on any atom is -0.493 e. The maximum absolute atomic E-state index is 12.3. The van der Waals surface area contributed by atoms with Crippen LogP contribution in [-0.4, -0.2) is 34.5 Å². The van der Waals surface area contributed by atoms with E-state index >= 15 is 0 Å². The maximum Gasteiger partial charge on any atom is 0.573 e. The lowest BCUT2D eigenvalue weighted by molar-refractivity contribution is -0.274. The first-order valence-electron chi connectivity index (χ1n) is 7.77. The van der Waals surface area contributed by atoms with E-state index in [0.717, 1.165) is 24.3 Å². The van der Waals surface area contributed by atoms with Crippen molar-refractivity contribution in [2.75, 3.05) is 18.4 Å². The van der Waals surface area contributed by atoms with Crippen LogP contribution in [0.2, 0.25) is 0 Å². The predicted molar refractivity (Wildman–Crippen MR) is 92.5 cm³/mol. The molecule has 0 aromatic heterocycles. The summed E-state index contributed by atoms with van der Waals surface area (Å²) < 4.78 is 76.8. The van der Waals surface area contributed by atoms with Crippen LogP contribution in [0, 0.1) is 0 Å². The first-order chi connectivity index (χ1) is 13.1. The molecule has 0 aliphatic heterocycles. The van der Waals surface area contributed by atoms with Crippen molar-refractivity contribution in [3.8, 4) is 11.5 Å². The molecule has 7 nitrogen and oxygen atoms in total. The molecule has 0 unspecified atom stereocenters. The first kappa shape index (κ1) is 21.4. The molecule has 0 atom stereocenters. The Kier molecular flexibility index (Phi) is 6.73. The third-order valence-electron chi connectivity index (χ3n) is 3.28. The number of hydrogen-bond donors (Lipinski definition) is 1. The van der Waals surface area contributed by atoms with E-state index in [2.05, 4.69) is 14.2 Å². The minimum atomic E-state index is -4.83. The monoisotopic (exact) mass is 419 g/mol. The van der Waals surface area contributed by atoms with Crippen LogP contribution in [0.4, 0.5) is 18.9 Å². The number of alkyl halides is 3. The number of carbonyl (C=O) groups excluding carboxylic acids is 1. The number of halogens is 3. The Morgan fingerprint density at radius 1 is 1.00 bits per heavy atom. The summed E-state index contributed by atoms with van der Waals surface area (Å²) in [7, 11) is -2.70. The summed E-state index contributed by atoms with van der Waals surface area (Å²) in [4.78, 5) is 10.9. The molecule has 0 radical (unpaired) electrons. The van der Waals surface area contributed by atoms with Gasteiger partial charge in [0, 0.05) is 5.69 Å². The summed E-state index contributed by atoms with van der Waals surface area (Å²) in [6.45, 7) is 0.0728. The van der Waals surface area contributed by atoms with E-state index in [4.69, 9.17) is 4.74 Å². The first-order valence-corrected chi connectivity index (χ1v) is 9.26. The van der Waals surface area contributed by atoms with Gasteiger partial charge in [-0.05, 0) is 48.5 Å². The number of hydrogen-bond acceptors (Lipinski definition) is 6. The van der Waals surface area contributed by atoms with Gasteiger partial charge in [-0.2, -0.15) is 0 Å². The molecular formula is C17H16F3NO6S. The van der Waals surface area contributed by atoms with Crippen LogP contribution in [0.15, 0.2) is 53.4 Å².